The van der Waals surface area contributed by atoms with Crippen molar-refractivity contribution in [2.24, 2.45) is 5.73 Å². The van der Waals surface area contributed by atoms with Crippen LogP contribution in [-0.4, -0.2) is 57.9 Å². The van der Waals surface area contributed by atoms with Crippen LogP contribution in [0.1, 0.15) is 23.6 Å². The summed E-state index contributed by atoms with van der Waals surface area (Å²) in [6, 6.07) is 21.4. The molecule has 10 heteroatoms. The van der Waals surface area contributed by atoms with Gasteiger partial charge in [-0.05, 0) is 29.7 Å². The minimum Gasteiger partial charge on any atom is -0.480 e. The number of hydrogen-bond acceptors (Lipinski definition) is 5. The van der Waals surface area contributed by atoms with Gasteiger partial charge in [-0.3, -0.25) is 14.4 Å². The Balaban J connectivity index is 1.60. The number of carbonyl (C=O) groups excluding carboxylic acids is 3. The predicted octanol–water partition coefficient (Wildman–Crippen LogP) is 2.08. The number of hydrogen-bond donors (Lipinski definition) is 6. The predicted molar refractivity (Wildman–Crippen MR) is 159 cm³/mol. The van der Waals surface area contributed by atoms with Crippen molar-refractivity contribution in [1.82, 2.24) is 20.9 Å². The van der Waals surface area contributed by atoms with Crippen molar-refractivity contribution in [2.45, 2.75) is 50.4 Å². The second kappa shape index (κ2) is 14.1. The van der Waals surface area contributed by atoms with Crippen molar-refractivity contribution in [3.63, 3.8) is 0 Å². The molecule has 218 valence electrons. The molecule has 4 aromatic rings. The zero-order chi connectivity index (χ0) is 30.1. The van der Waals surface area contributed by atoms with Crippen LogP contribution in [0.2, 0.25) is 0 Å². The SMILES string of the molecule is CC(N)C(=O)NC(Cc1ccccc1)C(=O)NC(Cc1c[nH]c2ccccc12)C(=O)NC(Cc1ccccc1)C(=O)O. The number of carboxylic acid groups (broad SMARTS) is 1. The van der Waals surface area contributed by atoms with Crippen molar-refractivity contribution in [3.8, 4) is 0 Å². The van der Waals surface area contributed by atoms with Gasteiger partial charge >= 0.3 is 5.97 Å². The standard InChI is InChI=1S/C32H35N5O5/c1-20(33)29(38)35-26(16-21-10-4-2-5-11-21)30(39)36-27(18-23-19-34-25-15-9-8-14-24(23)25)31(40)37-28(32(41)42)17-22-12-6-3-7-13-22/h2-15,19-20,26-28,34H,16-18,33H2,1H3,(H,35,38)(H,36,39)(H,37,40)(H,41,42). The quantitative estimate of drug-likeness (QED) is 0.144. The van der Waals surface area contributed by atoms with E-state index in [0.717, 1.165) is 27.6 Å². The van der Waals surface area contributed by atoms with Gasteiger partial charge in [0.25, 0.3) is 0 Å². The first-order valence-corrected chi connectivity index (χ1v) is 13.7. The van der Waals surface area contributed by atoms with Crippen LogP contribution < -0.4 is 21.7 Å². The third-order valence-electron chi connectivity index (χ3n) is 6.96. The van der Waals surface area contributed by atoms with Crippen molar-refractivity contribution in [2.75, 3.05) is 0 Å². The molecule has 0 aliphatic heterocycles. The normalized spacial score (nSPS) is 13.9. The Morgan fingerprint density at radius 1 is 0.690 bits per heavy atom. The molecule has 1 aromatic heterocycles. The van der Waals surface area contributed by atoms with Gasteiger partial charge in [0, 0.05) is 36.4 Å². The van der Waals surface area contributed by atoms with E-state index in [9.17, 15) is 24.3 Å². The molecule has 0 saturated carbocycles. The maximum Gasteiger partial charge on any atom is 0.326 e. The molecule has 10 nitrogen and oxygen atoms in total. The summed E-state index contributed by atoms with van der Waals surface area (Å²) >= 11 is 0. The van der Waals surface area contributed by atoms with Crippen LogP contribution in [0.5, 0.6) is 0 Å². The molecular weight excluding hydrogens is 534 g/mol. The number of benzene rings is 3. The summed E-state index contributed by atoms with van der Waals surface area (Å²) in [4.78, 5) is 55.1. The molecule has 0 aliphatic carbocycles. The molecule has 3 amide bonds. The van der Waals surface area contributed by atoms with Gasteiger partial charge in [-0.25, -0.2) is 4.79 Å². The molecule has 4 atom stereocenters. The lowest BCUT2D eigenvalue weighted by molar-refractivity contribution is -0.142. The lowest BCUT2D eigenvalue weighted by Crippen LogP contribution is -2.58. The Labute approximate surface area is 243 Å². The highest BCUT2D eigenvalue weighted by Gasteiger charge is 2.31. The summed E-state index contributed by atoms with van der Waals surface area (Å²) in [6.45, 7) is 1.51. The molecule has 3 aromatic carbocycles. The largest absolute Gasteiger partial charge is 0.480 e. The smallest absolute Gasteiger partial charge is 0.326 e. The van der Waals surface area contributed by atoms with Crippen LogP contribution in [0.25, 0.3) is 10.9 Å². The molecule has 1 heterocycles. The van der Waals surface area contributed by atoms with E-state index < -0.39 is 47.9 Å². The minimum absolute atomic E-state index is 0.0662. The van der Waals surface area contributed by atoms with Gasteiger partial charge in [0.15, 0.2) is 0 Å². The van der Waals surface area contributed by atoms with Gasteiger partial charge in [0.2, 0.25) is 17.7 Å². The van der Waals surface area contributed by atoms with E-state index in [-0.39, 0.29) is 19.3 Å². The van der Waals surface area contributed by atoms with Crippen molar-refractivity contribution in [3.05, 3.63) is 108 Å². The highest BCUT2D eigenvalue weighted by atomic mass is 16.4. The van der Waals surface area contributed by atoms with Crippen molar-refractivity contribution in [1.29, 1.82) is 0 Å². The molecule has 7 N–H and O–H groups in total. The van der Waals surface area contributed by atoms with Gasteiger partial charge in [-0.15, -0.1) is 0 Å². The van der Waals surface area contributed by atoms with E-state index >= 15 is 0 Å². The summed E-state index contributed by atoms with van der Waals surface area (Å²) < 4.78 is 0. The van der Waals surface area contributed by atoms with E-state index in [4.69, 9.17) is 5.73 Å². The van der Waals surface area contributed by atoms with E-state index in [1.807, 2.05) is 60.7 Å². The van der Waals surface area contributed by atoms with E-state index in [0.29, 0.717) is 0 Å². The zero-order valence-corrected chi connectivity index (χ0v) is 23.2. The molecule has 0 fully saturated rings. The molecule has 0 aliphatic rings. The van der Waals surface area contributed by atoms with E-state index in [1.54, 1.807) is 30.5 Å². The van der Waals surface area contributed by atoms with Gasteiger partial charge in [-0.2, -0.15) is 0 Å². The molecule has 0 bridgehead atoms. The molecule has 4 unspecified atom stereocenters. The summed E-state index contributed by atoms with van der Waals surface area (Å²) in [6.07, 6.45) is 2.07. The van der Waals surface area contributed by atoms with E-state index in [1.165, 1.54) is 6.92 Å². The second-order valence-electron chi connectivity index (χ2n) is 10.3. The lowest BCUT2D eigenvalue weighted by Gasteiger charge is -2.25. The van der Waals surface area contributed by atoms with Crippen LogP contribution in [0.15, 0.2) is 91.1 Å². The Kier molecular flexibility index (Phi) is 10.1. The Hall–Kier alpha value is -4.96. The number of nitrogens with one attached hydrogen (secondary N) is 4. The van der Waals surface area contributed by atoms with Crippen LogP contribution in [-0.2, 0) is 38.4 Å². The molecule has 0 saturated heterocycles. The van der Waals surface area contributed by atoms with Gasteiger partial charge in [0.05, 0.1) is 6.04 Å². The number of carbonyl (C=O) groups is 4. The first-order chi connectivity index (χ1) is 20.2. The van der Waals surface area contributed by atoms with Crippen molar-refractivity contribution < 1.29 is 24.3 Å². The van der Waals surface area contributed by atoms with Gasteiger partial charge < -0.3 is 31.8 Å². The average Bonchev–Trinajstić information content (AvgIpc) is 3.39. The lowest BCUT2D eigenvalue weighted by atomic mass is 10.0. The van der Waals surface area contributed by atoms with Gasteiger partial charge in [0.1, 0.15) is 18.1 Å². The number of H-pyrrole nitrogens is 1. The topological polar surface area (TPSA) is 166 Å². The fourth-order valence-electron chi connectivity index (χ4n) is 4.69. The first kappa shape index (κ1) is 30.0. The number of aliphatic carboxylic acids is 1. The maximum atomic E-state index is 13.7. The zero-order valence-electron chi connectivity index (χ0n) is 23.2. The molecule has 42 heavy (non-hydrogen) atoms. The fraction of sp³-hybridized carbons (Fsp3) is 0.250. The summed E-state index contributed by atoms with van der Waals surface area (Å²) in [7, 11) is 0. The summed E-state index contributed by atoms with van der Waals surface area (Å²) in [5.41, 5.74) is 8.91. The van der Waals surface area contributed by atoms with Crippen LogP contribution in [0, 0.1) is 0 Å². The number of nitrogens with two attached hydrogens (primary N) is 1. The Morgan fingerprint density at radius 3 is 1.74 bits per heavy atom. The van der Waals surface area contributed by atoms with Crippen LogP contribution >= 0.6 is 0 Å². The highest BCUT2D eigenvalue weighted by molar-refractivity contribution is 5.95. The monoisotopic (exact) mass is 569 g/mol. The number of aromatic amines is 1. The maximum absolute atomic E-state index is 13.7. The number of carboxylic acids is 1. The molecule has 4 rings (SSSR count). The van der Waals surface area contributed by atoms with Crippen LogP contribution in [0.3, 0.4) is 0 Å². The number of fused-ring (bicyclic) bond motifs is 1. The van der Waals surface area contributed by atoms with Gasteiger partial charge in [-0.1, -0.05) is 78.9 Å². The number of aromatic nitrogens is 1. The minimum atomic E-state index is -1.22. The third-order valence-corrected chi connectivity index (χ3v) is 6.96. The molecule has 0 radical (unpaired) electrons. The number of rotatable bonds is 13. The van der Waals surface area contributed by atoms with Crippen molar-refractivity contribution >= 4 is 34.6 Å². The third kappa shape index (κ3) is 8.05. The molecular formula is C32H35N5O5. The summed E-state index contributed by atoms with van der Waals surface area (Å²) in [5.74, 6) is -2.97. The van der Waals surface area contributed by atoms with Crippen LogP contribution in [0.4, 0.5) is 0 Å². The molecule has 0 spiro atoms. The second-order valence-corrected chi connectivity index (χ2v) is 10.3. The Bertz CT molecular complexity index is 1520. The number of para-hydroxylation sites is 1. The highest BCUT2D eigenvalue weighted by Crippen LogP contribution is 2.19. The first-order valence-electron chi connectivity index (χ1n) is 13.7. The Morgan fingerprint density at radius 2 is 1.17 bits per heavy atom. The average molecular weight is 570 g/mol. The fourth-order valence-corrected chi connectivity index (χ4v) is 4.69. The summed E-state index contributed by atoms with van der Waals surface area (Å²) in [5, 5.41) is 18.8. The number of amides is 3. The van der Waals surface area contributed by atoms with E-state index in [2.05, 4.69) is 20.9 Å².